The number of fused-ring (bicyclic) bond motifs is 1. The average Bonchev–Trinajstić information content (AvgIpc) is 3.12. The standard InChI is InChI=1S/C21H20N4O2/c22-12-15-5-3-7-17(11-15)23-20(26)14-25-10-4-6-16(13-25)21-24-18-8-1-2-9-19(18)27-21/h1-3,5,7-9,11,16H,4,6,10,13-14H2,(H,23,26). The molecule has 0 spiro atoms. The van der Waals surface area contributed by atoms with Gasteiger partial charge < -0.3 is 9.73 Å². The highest BCUT2D eigenvalue weighted by Crippen LogP contribution is 2.28. The van der Waals surface area contributed by atoms with E-state index < -0.39 is 0 Å². The van der Waals surface area contributed by atoms with Gasteiger partial charge in [-0.15, -0.1) is 0 Å². The van der Waals surface area contributed by atoms with Crippen LogP contribution < -0.4 is 5.32 Å². The number of likely N-dealkylation sites (tertiary alicyclic amines) is 1. The van der Waals surface area contributed by atoms with Crippen LogP contribution >= 0.6 is 0 Å². The summed E-state index contributed by atoms with van der Waals surface area (Å²) < 4.78 is 5.91. The molecule has 3 aromatic rings. The number of nitrogens with zero attached hydrogens (tertiary/aromatic N) is 3. The van der Waals surface area contributed by atoms with Gasteiger partial charge >= 0.3 is 0 Å². The van der Waals surface area contributed by atoms with Crippen molar-refractivity contribution in [2.24, 2.45) is 0 Å². The van der Waals surface area contributed by atoms with E-state index in [-0.39, 0.29) is 11.8 Å². The van der Waals surface area contributed by atoms with Gasteiger partial charge in [-0.3, -0.25) is 9.69 Å². The van der Waals surface area contributed by atoms with Gasteiger partial charge in [0.25, 0.3) is 0 Å². The van der Waals surface area contributed by atoms with Crippen LogP contribution in [0.15, 0.2) is 52.9 Å². The molecule has 136 valence electrons. The largest absolute Gasteiger partial charge is 0.440 e. The number of para-hydroxylation sites is 2. The van der Waals surface area contributed by atoms with Crippen LogP contribution in [-0.4, -0.2) is 35.4 Å². The molecule has 0 radical (unpaired) electrons. The predicted molar refractivity (Wildman–Crippen MR) is 102 cm³/mol. The summed E-state index contributed by atoms with van der Waals surface area (Å²) in [5.41, 5.74) is 2.85. The summed E-state index contributed by atoms with van der Waals surface area (Å²) in [4.78, 5) is 19.1. The van der Waals surface area contributed by atoms with Crippen molar-refractivity contribution in [3.8, 4) is 6.07 Å². The number of nitrogens with one attached hydrogen (secondary N) is 1. The number of amides is 1. The van der Waals surface area contributed by atoms with E-state index in [4.69, 9.17) is 9.68 Å². The molecule has 1 saturated heterocycles. The van der Waals surface area contributed by atoms with Crippen LogP contribution in [0.25, 0.3) is 11.1 Å². The topological polar surface area (TPSA) is 82.2 Å². The lowest BCUT2D eigenvalue weighted by Crippen LogP contribution is -2.39. The summed E-state index contributed by atoms with van der Waals surface area (Å²) in [6, 6.07) is 16.8. The van der Waals surface area contributed by atoms with Crippen molar-refractivity contribution in [1.29, 1.82) is 5.26 Å². The SMILES string of the molecule is N#Cc1cccc(NC(=O)CN2CCCC(c3nc4ccccc4o3)C2)c1. The molecule has 4 rings (SSSR count). The molecule has 1 fully saturated rings. The Kier molecular flexibility index (Phi) is 4.86. The van der Waals surface area contributed by atoms with Crippen LogP contribution in [0, 0.1) is 11.3 Å². The van der Waals surface area contributed by atoms with E-state index in [1.807, 2.05) is 24.3 Å². The van der Waals surface area contributed by atoms with Crippen LogP contribution in [0.3, 0.4) is 0 Å². The Balaban J connectivity index is 1.39. The number of anilines is 1. The highest BCUT2D eigenvalue weighted by molar-refractivity contribution is 5.92. The van der Waals surface area contributed by atoms with E-state index in [0.717, 1.165) is 42.9 Å². The second kappa shape index (κ2) is 7.60. The number of oxazole rings is 1. The molecular weight excluding hydrogens is 340 g/mol. The number of piperidine rings is 1. The molecule has 6 heteroatoms. The van der Waals surface area contributed by atoms with Crippen molar-refractivity contribution in [1.82, 2.24) is 9.88 Å². The van der Waals surface area contributed by atoms with Gasteiger partial charge in [-0.2, -0.15) is 5.26 Å². The number of nitriles is 1. The van der Waals surface area contributed by atoms with Crippen molar-refractivity contribution in [2.45, 2.75) is 18.8 Å². The Morgan fingerprint density at radius 3 is 3.04 bits per heavy atom. The fraction of sp³-hybridized carbons (Fsp3) is 0.286. The van der Waals surface area contributed by atoms with Gasteiger partial charge in [-0.1, -0.05) is 18.2 Å². The summed E-state index contributed by atoms with van der Waals surface area (Å²) in [7, 11) is 0. The molecule has 0 saturated carbocycles. The van der Waals surface area contributed by atoms with Crippen LogP contribution in [0.2, 0.25) is 0 Å². The third kappa shape index (κ3) is 3.99. The van der Waals surface area contributed by atoms with Crippen molar-refractivity contribution in [3.05, 3.63) is 60.0 Å². The molecule has 1 N–H and O–H groups in total. The highest BCUT2D eigenvalue weighted by atomic mass is 16.3. The van der Waals surface area contributed by atoms with E-state index in [2.05, 4.69) is 21.3 Å². The van der Waals surface area contributed by atoms with Gasteiger partial charge in [0, 0.05) is 18.2 Å². The first kappa shape index (κ1) is 17.3. The zero-order valence-electron chi connectivity index (χ0n) is 14.9. The van der Waals surface area contributed by atoms with Gasteiger partial charge in [0.2, 0.25) is 5.91 Å². The summed E-state index contributed by atoms with van der Waals surface area (Å²) >= 11 is 0. The molecule has 2 heterocycles. The van der Waals surface area contributed by atoms with Gasteiger partial charge in [0.05, 0.1) is 18.2 Å². The highest BCUT2D eigenvalue weighted by Gasteiger charge is 2.26. The molecule has 2 aromatic carbocycles. The minimum Gasteiger partial charge on any atom is -0.440 e. The van der Waals surface area contributed by atoms with Crippen LogP contribution in [0.5, 0.6) is 0 Å². The monoisotopic (exact) mass is 360 g/mol. The van der Waals surface area contributed by atoms with E-state index in [1.165, 1.54) is 0 Å². The second-order valence-corrected chi connectivity index (χ2v) is 6.83. The number of carbonyl (C=O) groups is 1. The third-order valence-corrected chi connectivity index (χ3v) is 4.81. The third-order valence-electron chi connectivity index (χ3n) is 4.81. The van der Waals surface area contributed by atoms with Crippen molar-refractivity contribution in [2.75, 3.05) is 25.0 Å². The van der Waals surface area contributed by atoms with E-state index in [9.17, 15) is 4.79 Å². The minimum atomic E-state index is -0.0803. The Bertz CT molecular complexity index is 972. The first-order valence-electron chi connectivity index (χ1n) is 9.09. The molecule has 1 aliphatic rings. The van der Waals surface area contributed by atoms with Gasteiger partial charge in [0.1, 0.15) is 5.52 Å². The molecule has 6 nitrogen and oxygen atoms in total. The van der Waals surface area contributed by atoms with Crippen molar-refractivity contribution < 1.29 is 9.21 Å². The molecular formula is C21H20N4O2. The molecule has 0 bridgehead atoms. The normalized spacial score (nSPS) is 17.5. The zero-order chi connectivity index (χ0) is 18.6. The van der Waals surface area contributed by atoms with E-state index >= 15 is 0 Å². The van der Waals surface area contributed by atoms with Gasteiger partial charge in [-0.25, -0.2) is 4.98 Å². The molecule has 0 aliphatic carbocycles. The smallest absolute Gasteiger partial charge is 0.238 e. The summed E-state index contributed by atoms with van der Waals surface area (Å²) in [6.45, 7) is 1.94. The first-order valence-corrected chi connectivity index (χ1v) is 9.09. The Morgan fingerprint density at radius 2 is 2.19 bits per heavy atom. The first-order chi connectivity index (χ1) is 13.2. The molecule has 1 atom stereocenters. The quantitative estimate of drug-likeness (QED) is 0.770. The molecule has 27 heavy (non-hydrogen) atoms. The fourth-order valence-electron chi connectivity index (χ4n) is 3.54. The Morgan fingerprint density at radius 1 is 1.30 bits per heavy atom. The van der Waals surface area contributed by atoms with Crippen LogP contribution in [0.4, 0.5) is 5.69 Å². The van der Waals surface area contributed by atoms with Crippen LogP contribution in [-0.2, 0) is 4.79 Å². The summed E-state index contributed by atoms with van der Waals surface area (Å²) in [5.74, 6) is 0.868. The van der Waals surface area contributed by atoms with Crippen LogP contribution in [0.1, 0.15) is 30.2 Å². The van der Waals surface area contributed by atoms with E-state index in [0.29, 0.717) is 17.8 Å². The number of carbonyl (C=O) groups excluding carboxylic acids is 1. The Labute approximate surface area is 157 Å². The van der Waals surface area contributed by atoms with Gasteiger partial charge in [-0.05, 0) is 49.7 Å². The maximum atomic E-state index is 12.4. The predicted octanol–water partition coefficient (Wildman–Crippen LogP) is 3.52. The molecule has 1 aromatic heterocycles. The average molecular weight is 360 g/mol. The lowest BCUT2D eigenvalue weighted by atomic mass is 9.98. The van der Waals surface area contributed by atoms with Crippen molar-refractivity contribution >= 4 is 22.7 Å². The lowest BCUT2D eigenvalue weighted by molar-refractivity contribution is -0.117. The maximum absolute atomic E-state index is 12.4. The summed E-state index contributed by atoms with van der Waals surface area (Å²) in [6.07, 6.45) is 2.01. The minimum absolute atomic E-state index is 0.0803. The fourth-order valence-corrected chi connectivity index (χ4v) is 3.54. The van der Waals surface area contributed by atoms with Gasteiger partial charge in [0.15, 0.2) is 11.5 Å². The number of hydrogen-bond acceptors (Lipinski definition) is 5. The zero-order valence-corrected chi connectivity index (χ0v) is 14.9. The molecule has 1 unspecified atom stereocenters. The number of aromatic nitrogens is 1. The van der Waals surface area contributed by atoms with E-state index in [1.54, 1.807) is 24.3 Å². The van der Waals surface area contributed by atoms with Crippen molar-refractivity contribution in [3.63, 3.8) is 0 Å². The molecule has 1 amide bonds. The lowest BCUT2D eigenvalue weighted by Gasteiger charge is -2.30. The molecule has 1 aliphatic heterocycles. The number of hydrogen-bond donors (Lipinski definition) is 1. The number of benzene rings is 2. The Hall–Kier alpha value is -3.17. The summed E-state index contributed by atoms with van der Waals surface area (Å²) in [5, 5.41) is 11.8. The number of rotatable bonds is 4. The second-order valence-electron chi connectivity index (χ2n) is 6.83. The maximum Gasteiger partial charge on any atom is 0.238 e.